The summed E-state index contributed by atoms with van der Waals surface area (Å²) < 4.78 is 17.2. The highest BCUT2D eigenvalue weighted by Crippen LogP contribution is 2.31. The first-order chi connectivity index (χ1) is 16.5. The Labute approximate surface area is 199 Å². The molecule has 2 heterocycles. The Bertz CT molecular complexity index is 1110. The summed E-state index contributed by atoms with van der Waals surface area (Å²) in [6.45, 7) is 4.68. The number of nitrogens with zero attached hydrogens (tertiary/aromatic N) is 2. The van der Waals surface area contributed by atoms with E-state index in [-0.39, 0.29) is 29.6 Å². The van der Waals surface area contributed by atoms with Crippen molar-refractivity contribution in [3.8, 4) is 11.5 Å². The molecular weight excluding hydrogens is 430 g/mol. The van der Waals surface area contributed by atoms with Crippen LogP contribution in [0.25, 0.3) is 0 Å². The summed E-state index contributed by atoms with van der Waals surface area (Å²) in [5, 5.41) is 0. The average molecular weight is 462 g/mol. The molecule has 2 atom stereocenters. The third-order valence-corrected chi connectivity index (χ3v) is 6.57. The highest BCUT2D eigenvalue weighted by atomic mass is 16.5. The summed E-state index contributed by atoms with van der Waals surface area (Å²) in [6, 6.07) is 16.4. The van der Waals surface area contributed by atoms with Gasteiger partial charge in [0.1, 0.15) is 17.6 Å². The van der Waals surface area contributed by atoms with E-state index in [4.69, 9.17) is 19.6 Å². The van der Waals surface area contributed by atoms with Gasteiger partial charge in [0.2, 0.25) is 0 Å². The third kappa shape index (κ3) is 5.53. The van der Waals surface area contributed by atoms with E-state index in [0.717, 1.165) is 49.1 Å². The van der Waals surface area contributed by atoms with Crippen LogP contribution in [0.1, 0.15) is 54.6 Å². The van der Waals surface area contributed by atoms with Crippen molar-refractivity contribution < 1.29 is 18.7 Å². The van der Waals surface area contributed by atoms with E-state index in [0.29, 0.717) is 6.42 Å². The minimum atomic E-state index is -0.106. The van der Waals surface area contributed by atoms with Crippen molar-refractivity contribution in [1.29, 1.82) is 0 Å². The van der Waals surface area contributed by atoms with Crippen LogP contribution < -0.4 is 20.1 Å². The summed E-state index contributed by atoms with van der Waals surface area (Å²) in [5.41, 5.74) is 7.73. The molecule has 2 aromatic carbocycles. The fraction of sp³-hybridized carbons (Fsp3) is 0.407. The molecule has 0 amide bonds. The van der Waals surface area contributed by atoms with Crippen molar-refractivity contribution >= 4 is 17.5 Å². The van der Waals surface area contributed by atoms with Crippen LogP contribution in [-0.2, 0) is 0 Å². The van der Waals surface area contributed by atoms with Crippen molar-refractivity contribution in [2.45, 2.75) is 44.6 Å². The first kappa shape index (κ1) is 22.3. The van der Waals surface area contributed by atoms with Crippen LogP contribution in [0.2, 0.25) is 0 Å². The number of ether oxygens (including phenoxy) is 2. The molecule has 0 radical (unpaired) electrons. The van der Waals surface area contributed by atoms with Crippen molar-refractivity contribution in [3.05, 3.63) is 66.1 Å². The van der Waals surface area contributed by atoms with E-state index >= 15 is 0 Å². The number of nitrogens with two attached hydrogens (primary N) is 1. The van der Waals surface area contributed by atoms with Crippen LogP contribution in [0.5, 0.6) is 11.5 Å². The Morgan fingerprint density at radius 2 is 1.85 bits per heavy atom. The number of anilines is 2. The molecule has 7 nitrogen and oxygen atoms in total. The van der Waals surface area contributed by atoms with Gasteiger partial charge in [0.05, 0.1) is 19.3 Å². The Kier molecular flexibility index (Phi) is 6.43. The normalized spacial score (nSPS) is 18.6. The lowest BCUT2D eigenvalue weighted by molar-refractivity contribution is 0.0949. The zero-order valence-electron chi connectivity index (χ0n) is 19.5. The second-order valence-corrected chi connectivity index (χ2v) is 9.38. The van der Waals surface area contributed by atoms with Crippen molar-refractivity contribution in [1.82, 2.24) is 4.98 Å². The van der Waals surface area contributed by atoms with Gasteiger partial charge < -0.3 is 24.5 Å². The maximum atomic E-state index is 12.3. The topological polar surface area (TPSA) is 90.8 Å². The minimum absolute atomic E-state index is 0.0119. The van der Waals surface area contributed by atoms with E-state index in [1.54, 1.807) is 0 Å². The first-order valence-electron chi connectivity index (χ1n) is 12.0. The molecule has 7 heteroatoms. The van der Waals surface area contributed by atoms with Gasteiger partial charge in [0.25, 0.3) is 6.01 Å². The molecule has 5 rings (SSSR count). The molecular formula is C27H31N3O4. The number of nitrogen functional groups attached to an aromatic ring is 1. The van der Waals surface area contributed by atoms with Gasteiger partial charge in [-0.15, -0.1) is 0 Å². The molecule has 178 valence electrons. The van der Waals surface area contributed by atoms with Crippen LogP contribution in [0.3, 0.4) is 0 Å². The van der Waals surface area contributed by atoms with Gasteiger partial charge in [-0.05, 0) is 66.6 Å². The molecule has 0 spiro atoms. The van der Waals surface area contributed by atoms with Gasteiger partial charge in [0, 0.05) is 25.1 Å². The Morgan fingerprint density at radius 1 is 1.12 bits per heavy atom. The maximum absolute atomic E-state index is 12.3. The predicted octanol–water partition coefficient (Wildman–Crippen LogP) is 5.08. The molecule has 2 N–H and O–H groups in total. The number of carbonyl (C=O) groups is 1. The number of benzene rings is 2. The predicted molar refractivity (Wildman–Crippen MR) is 131 cm³/mol. The van der Waals surface area contributed by atoms with Crippen molar-refractivity contribution in [2.75, 3.05) is 30.3 Å². The van der Waals surface area contributed by atoms with E-state index in [2.05, 4.69) is 34.1 Å². The fourth-order valence-corrected chi connectivity index (χ4v) is 4.29. The Hall–Kier alpha value is -3.48. The van der Waals surface area contributed by atoms with E-state index in [1.165, 1.54) is 24.7 Å². The lowest BCUT2D eigenvalue weighted by Crippen LogP contribution is -2.24. The highest BCUT2D eigenvalue weighted by Gasteiger charge is 2.25. The molecule has 34 heavy (non-hydrogen) atoms. The number of aromatic nitrogens is 1. The van der Waals surface area contributed by atoms with Crippen LogP contribution in [0.4, 0.5) is 11.7 Å². The number of oxazole rings is 1. The molecule has 3 aromatic rings. The summed E-state index contributed by atoms with van der Waals surface area (Å²) in [5.74, 6) is 2.70. The highest BCUT2D eigenvalue weighted by molar-refractivity contribution is 5.93. The zero-order chi connectivity index (χ0) is 23.5. The first-order valence-corrected chi connectivity index (χ1v) is 12.0. The second kappa shape index (κ2) is 9.79. The van der Waals surface area contributed by atoms with Gasteiger partial charge in [-0.1, -0.05) is 19.1 Å². The number of carbonyl (C=O) groups excluding carboxylic acids is 1. The van der Waals surface area contributed by atoms with E-state index < -0.39 is 0 Å². The number of rotatable bonds is 10. The fourth-order valence-electron chi connectivity index (χ4n) is 4.29. The quantitative estimate of drug-likeness (QED) is 0.421. The average Bonchev–Trinajstić information content (AvgIpc) is 3.39. The van der Waals surface area contributed by atoms with Crippen molar-refractivity contribution in [3.63, 3.8) is 0 Å². The Balaban J connectivity index is 1.10. The van der Waals surface area contributed by atoms with Crippen LogP contribution in [0.15, 0.2) is 59.1 Å². The smallest absolute Gasteiger partial charge is 0.292 e. The molecule has 2 fully saturated rings. The number of hydrogen-bond donors (Lipinski definition) is 1. The van der Waals surface area contributed by atoms with Gasteiger partial charge >= 0.3 is 0 Å². The minimum Gasteiger partial charge on any atom is -0.493 e. The summed E-state index contributed by atoms with van der Waals surface area (Å²) in [6.07, 6.45) is 5.43. The lowest BCUT2D eigenvalue weighted by atomic mass is 9.95. The van der Waals surface area contributed by atoms with Crippen LogP contribution in [0, 0.1) is 5.92 Å². The molecule has 2 aliphatic rings. The molecule has 1 saturated heterocycles. The molecule has 1 aliphatic heterocycles. The lowest BCUT2D eigenvalue weighted by Gasteiger charge is -2.20. The standard InChI is InChI=1S/C27H31N3O4/c1-18(14-25(31)26-15-29-27(28)34-26)20-4-8-23(9-5-20)33-24-12-13-30(16-24)21-6-10-22(11-7-21)32-17-19-2-3-19/h4-11,15,18-19,24H,2-3,12-14,16-17H2,1H3,(H2,28,29)/t18-,24-/m1/s1. The van der Waals surface area contributed by atoms with E-state index in [1.807, 2.05) is 31.2 Å². The molecule has 1 aliphatic carbocycles. The summed E-state index contributed by atoms with van der Waals surface area (Å²) in [4.78, 5) is 18.5. The number of hydrogen-bond acceptors (Lipinski definition) is 7. The molecule has 0 unspecified atom stereocenters. The van der Waals surface area contributed by atoms with Gasteiger partial charge in [-0.2, -0.15) is 0 Å². The Morgan fingerprint density at radius 3 is 2.53 bits per heavy atom. The van der Waals surface area contributed by atoms with Crippen molar-refractivity contribution in [2.24, 2.45) is 5.92 Å². The monoisotopic (exact) mass is 461 g/mol. The largest absolute Gasteiger partial charge is 0.493 e. The van der Waals surface area contributed by atoms with Gasteiger partial charge in [-0.25, -0.2) is 4.98 Å². The summed E-state index contributed by atoms with van der Waals surface area (Å²) >= 11 is 0. The maximum Gasteiger partial charge on any atom is 0.292 e. The van der Waals surface area contributed by atoms with E-state index in [9.17, 15) is 4.79 Å². The van der Waals surface area contributed by atoms with Gasteiger partial charge in [0.15, 0.2) is 11.5 Å². The zero-order valence-corrected chi connectivity index (χ0v) is 19.5. The van der Waals surface area contributed by atoms with Gasteiger partial charge in [-0.3, -0.25) is 4.79 Å². The van der Waals surface area contributed by atoms with Crippen LogP contribution >= 0.6 is 0 Å². The molecule has 1 saturated carbocycles. The number of ketones is 1. The number of Topliss-reactive ketones (excluding diaryl/α,β-unsaturated/α-hetero) is 1. The third-order valence-electron chi connectivity index (χ3n) is 6.57. The molecule has 1 aromatic heterocycles. The van der Waals surface area contributed by atoms with Crippen LogP contribution in [-0.4, -0.2) is 36.6 Å². The second-order valence-electron chi connectivity index (χ2n) is 9.38. The SMILES string of the molecule is C[C@H](CC(=O)c1cnc(N)o1)c1ccc(O[C@@H]2CCN(c3ccc(OCC4CC4)cc3)C2)cc1. The summed E-state index contributed by atoms with van der Waals surface area (Å²) in [7, 11) is 0. The molecule has 0 bridgehead atoms.